The number of hydrogen-bond acceptors (Lipinski definition) is 2. The van der Waals surface area contributed by atoms with E-state index in [0.717, 1.165) is 4.47 Å². The number of carbonyl (C=O) groups is 2. The fourth-order valence-corrected chi connectivity index (χ4v) is 2.95. The topological polar surface area (TPSA) is 49.4 Å². The van der Waals surface area contributed by atoms with Crippen molar-refractivity contribution in [2.75, 3.05) is 11.9 Å². The van der Waals surface area contributed by atoms with E-state index in [4.69, 9.17) is 11.6 Å². The van der Waals surface area contributed by atoms with Crippen LogP contribution in [0.3, 0.4) is 0 Å². The van der Waals surface area contributed by atoms with Crippen LogP contribution in [-0.4, -0.2) is 29.3 Å². The lowest BCUT2D eigenvalue weighted by Crippen LogP contribution is -2.33. The van der Waals surface area contributed by atoms with E-state index in [2.05, 4.69) is 21.2 Å². The summed E-state index contributed by atoms with van der Waals surface area (Å²) < 4.78 is 0.850. The van der Waals surface area contributed by atoms with Gasteiger partial charge >= 0.3 is 0 Å². The van der Waals surface area contributed by atoms with Crippen molar-refractivity contribution in [3.8, 4) is 0 Å². The zero-order valence-electron chi connectivity index (χ0n) is 11.3. The van der Waals surface area contributed by atoms with Crippen LogP contribution >= 0.6 is 27.5 Å². The van der Waals surface area contributed by atoms with Crippen LogP contribution in [0.1, 0.15) is 20.3 Å². The molecule has 0 saturated carbocycles. The molecule has 0 bridgehead atoms. The van der Waals surface area contributed by atoms with Gasteiger partial charge < -0.3 is 10.2 Å². The number of likely N-dealkylation sites (tertiary alicyclic amines) is 1. The van der Waals surface area contributed by atoms with Crippen molar-refractivity contribution in [3.05, 3.63) is 27.7 Å². The Hall–Kier alpha value is -1.07. The van der Waals surface area contributed by atoms with Gasteiger partial charge in [-0.25, -0.2) is 0 Å². The number of benzene rings is 1. The van der Waals surface area contributed by atoms with E-state index in [-0.39, 0.29) is 30.2 Å². The second kappa shape index (κ2) is 6.14. The molecule has 1 N–H and O–H groups in total. The molecular weight excluding hydrogens is 344 g/mol. The van der Waals surface area contributed by atoms with Gasteiger partial charge in [-0.15, -0.1) is 0 Å². The molecule has 0 radical (unpaired) electrons. The predicted molar refractivity (Wildman–Crippen MR) is 82.7 cm³/mol. The SMILES string of the molecule is CC(C)N1C[C@@H](C(=O)Nc2ccc(Br)cc2Cl)CC1=O. The van der Waals surface area contributed by atoms with Crippen LogP contribution in [0.5, 0.6) is 0 Å². The van der Waals surface area contributed by atoms with Crippen LogP contribution in [0.2, 0.25) is 5.02 Å². The van der Waals surface area contributed by atoms with Crippen LogP contribution < -0.4 is 5.32 Å². The van der Waals surface area contributed by atoms with Gasteiger partial charge in [0.25, 0.3) is 0 Å². The molecule has 1 heterocycles. The molecule has 1 aromatic rings. The lowest BCUT2D eigenvalue weighted by molar-refractivity contribution is -0.129. The molecular formula is C14H16BrClN2O2. The molecule has 4 nitrogen and oxygen atoms in total. The second-order valence-corrected chi connectivity index (χ2v) is 6.48. The highest BCUT2D eigenvalue weighted by molar-refractivity contribution is 9.10. The third-order valence-corrected chi connectivity index (χ3v) is 4.15. The molecule has 0 aromatic heterocycles. The normalized spacial score (nSPS) is 18.8. The molecule has 1 aromatic carbocycles. The van der Waals surface area contributed by atoms with Crippen molar-refractivity contribution < 1.29 is 9.59 Å². The van der Waals surface area contributed by atoms with Crippen LogP contribution in [0.25, 0.3) is 0 Å². The van der Waals surface area contributed by atoms with Crippen molar-refractivity contribution in [2.24, 2.45) is 5.92 Å². The Balaban J connectivity index is 2.04. The summed E-state index contributed by atoms with van der Waals surface area (Å²) in [6, 6.07) is 5.39. The monoisotopic (exact) mass is 358 g/mol. The molecule has 0 aliphatic carbocycles. The molecule has 0 unspecified atom stereocenters. The number of amides is 2. The van der Waals surface area contributed by atoms with Crippen LogP contribution in [0, 0.1) is 5.92 Å². The molecule has 1 saturated heterocycles. The van der Waals surface area contributed by atoms with E-state index < -0.39 is 0 Å². The molecule has 1 fully saturated rings. The van der Waals surface area contributed by atoms with Crippen molar-refractivity contribution in [3.63, 3.8) is 0 Å². The standard InChI is InChI=1S/C14H16BrClN2O2/c1-8(2)18-7-9(5-13(18)19)14(20)17-12-4-3-10(15)6-11(12)16/h3-4,6,8-9H,5,7H2,1-2H3,(H,17,20)/t9-/m0/s1. The maximum absolute atomic E-state index is 12.2. The number of hydrogen-bond donors (Lipinski definition) is 1. The Morgan fingerprint density at radius 2 is 2.20 bits per heavy atom. The maximum atomic E-state index is 12.2. The smallest absolute Gasteiger partial charge is 0.229 e. The predicted octanol–water partition coefficient (Wildman–Crippen LogP) is 3.30. The minimum Gasteiger partial charge on any atom is -0.339 e. The highest BCUT2D eigenvalue weighted by Gasteiger charge is 2.35. The Morgan fingerprint density at radius 3 is 2.75 bits per heavy atom. The van der Waals surface area contributed by atoms with E-state index in [1.807, 2.05) is 19.9 Å². The van der Waals surface area contributed by atoms with E-state index in [0.29, 0.717) is 17.3 Å². The van der Waals surface area contributed by atoms with Crippen molar-refractivity contribution in [1.82, 2.24) is 4.90 Å². The number of nitrogens with one attached hydrogen (secondary N) is 1. The van der Waals surface area contributed by atoms with Gasteiger partial charge in [0.1, 0.15) is 0 Å². The average molecular weight is 360 g/mol. The lowest BCUT2D eigenvalue weighted by Gasteiger charge is -2.20. The van der Waals surface area contributed by atoms with Gasteiger partial charge in [-0.2, -0.15) is 0 Å². The van der Waals surface area contributed by atoms with Gasteiger partial charge in [0.2, 0.25) is 11.8 Å². The summed E-state index contributed by atoms with van der Waals surface area (Å²) >= 11 is 9.38. The van der Waals surface area contributed by atoms with Gasteiger partial charge in [0.15, 0.2) is 0 Å². The summed E-state index contributed by atoms with van der Waals surface area (Å²) in [7, 11) is 0. The van der Waals surface area contributed by atoms with E-state index in [9.17, 15) is 9.59 Å². The molecule has 2 amide bonds. The van der Waals surface area contributed by atoms with Gasteiger partial charge in [0.05, 0.1) is 16.6 Å². The first kappa shape index (κ1) is 15.3. The highest BCUT2D eigenvalue weighted by atomic mass is 79.9. The molecule has 2 rings (SSSR count). The Bertz CT molecular complexity index is 548. The number of halogens is 2. The largest absolute Gasteiger partial charge is 0.339 e. The van der Waals surface area contributed by atoms with Crippen molar-refractivity contribution in [1.29, 1.82) is 0 Å². The Morgan fingerprint density at radius 1 is 1.50 bits per heavy atom. The van der Waals surface area contributed by atoms with Gasteiger partial charge in [0, 0.05) is 23.5 Å². The maximum Gasteiger partial charge on any atom is 0.229 e. The Kier molecular flexibility index (Phi) is 4.70. The summed E-state index contributed by atoms with van der Waals surface area (Å²) in [6.07, 6.45) is 0.262. The third kappa shape index (κ3) is 3.33. The van der Waals surface area contributed by atoms with Gasteiger partial charge in [-0.1, -0.05) is 27.5 Å². The zero-order valence-corrected chi connectivity index (χ0v) is 13.7. The zero-order chi connectivity index (χ0) is 14.9. The first-order chi connectivity index (χ1) is 9.38. The number of nitrogens with zero attached hydrogens (tertiary/aromatic N) is 1. The van der Waals surface area contributed by atoms with Crippen molar-refractivity contribution in [2.45, 2.75) is 26.3 Å². The van der Waals surface area contributed by atoms with Crippen LogP contribution in [-0.2, 0) is 9.59 Å². The minimum absolute atomic E-state index is 0.0297. The van der Waals surface area contributed by atoms with E-state index >= 15 is 0 Å². The quantitative estimate of drug-likeness (QED) is 0.900. The fraction of sp³-hybridized carbons (Fsp3) is 0.429. The molecule has 108 valence electrons. The average Bonchev–Trinajstić information content (AvgIpc) is 2.75. The first-order valence-corrected chi connectivity index (χ1v) is 7.61. The summed E-state index contributed by atoms with van der Waals surface area (Å²) in [5.41, 5.74) is 0.565. The summed E-state index contributed by atoms with van der Waals surface area (Å²) in [4.78, 5) is 25.7. The highest BCUT2D eigenvalue weighted by Crippen LogP contribution is 2.27. The second-order valence-electron chi connectivity index (χ2n) is 5.15. The summed E-state index contributed by atoms with van der Waals surface area (Å²) in [5.74, 6) is -0.447. The number of anilines is 1. The Labute approximate surface area is 131 Å². The first-order valence-electron chi connectivity index (χ1n) is 6.44. The fourth-order valence-electron chi connectivity index (χ4n) is 2.23. The molecule has 1 aliphatic heterocycles. The molecule has 1 aliphatic rings. The van der Waals surface area contributed by atoms with E-state index in [1.54, 1.807) is 17.0 Å². The summed E-state index contributed by atoms with van der Waals surface area (Å²) in [6.45, 7) is 4.37. The molecule has 20 heavy (non-hydrogen) atoms. The lowest BCUT2D eigenvalue weighted by atomic mass is 10.1. The van der Waals surface area contributed by atoms with Crippen LogP contribution in [0.4, 0.5) is 5.69 Å². The van der Waals surface area contributed by atoms with Gasteiger partial charge in [-0.05, 0) is 32.0 Å². The van der Waals surface area contributed by atoms with Gasteiger partial charge in [-0.3, -0.25) is 9.59 Å². The minimum atomic E-state index is -0.315. The third-order valence-electron chi connectivity index (χ3n) is 3.34. The summed E-state index contributed by atoms with van der Waals surface area (Å²) in [5, 5.41) is 3.26. The van der Waals surface area contributed by atoms with E-state index in [1.165, 1.54) is 0 Å². The van der Waals surface area contributed by atoms with Crippen LogP contribution in [0.15, 0.2) is 22.7 Å². The number of rotatable bonds is 3. The molecule has 6 heteroatoms. The molecule has 1 atom stereocenters. The van der Waals surface area contributed by atoms with Crippen molar-refractivity contribution >= 4 is 45.0 Å². The molecule has 0 spiro atoms. The number of carbonyl (C=O) groups excluding carboxylic acids is 2.